The van der Waals surface area contributed by atoms with Gasteiger partial charge in [-0.3, -0.25) is 4.79 Å². The molecule has 7 nitrogen and oxygen atoms in total. The highest BCUT2D eigenvalue weighted by Crippen LogP contribution is 2.34. The smallest absolute Gasteiger partial charge is 0.321 e. The minimum atomic E-state index is -0.0860. The van der Waals surface area contributed by atoms with E-state index in [0.29, 0.717) is 36.7 Å². The summed E-state index contributed by atoms with van der Waals surface area (Å²) in [4.78, 5) is 26.6. The SMILES string of the molecule is Cc1ccc(NC(=O)N2CCC(CC(=O)Nc3ccc4c(c3)OCO4)CC2)cc1. The van der Waals surface area contributed by atoms with E-state index in [2.05, 4.69) is 10.6 Å². The van der Waals surface area contributed by atoms with Gasteiger partial charge in [0.25, 0.3) is 0 Å². The van der Waals surface area contributed by atoms with Crippen LogP contribution >= 0.6 is 0 Å². The van der Waals surface area contributed by atoms with E-state index in [-0.39, 0.29) is 24.6 Å². The first kappa shape index (κ1) is 19.1. The molecule has 3 amide bonds. The van der Waals surface area contributed by atoms with E-state index >= 15 is 0 Å². The normalized spacial score (nSPS) is 15.8. The fraction of sp³-hybridized carbons (Fsp3) is 0.364. The van der Waals surface area contributed by atoms with Gasteiger partial charge in [0.2, 0.25) is 12.7 Å². The predicted molar refractivity (Wildman–Crippen MR) is 110 cm³/mol. The second kappa shape index (κ2) is 8.43. The number of anilines is 2. The Hall–Kier alpha value is -3.22. The fourth-order valence-corrected chi connectivity index (χ4v) is 3.63. The second-order valence-corrected chi connectivity index (χ2v) is 7.55. The van der Waals surface area contributed by atoms with E-state index < -0.39 is 0 Å². The maximum absolute atomic E-state index is 12.4. The van der Waals surface area contributed by atoms with E-state index in [1.54, 1.807) is 12.1 Å². The molecule has 0 spiro atoms. The molecule has 0 aromatic heterocycles. The van der Waals surface area contributed by atoms with E-state index in [0.717, 1.165) is 24.1 Å². The Bertz CT molecular complexity index is 889. The van der Waals surface area contributed by atoms with Crippen LogP contribution in [0.3, 0.4) is 0 Å². The molecule has 0 radical (unpaired) electrons. The summed E-state index contributed by atoms with van der Waals surface area (Å²) in [6.07, 6.45) is 2.08. The van der Waals surface area contributed by atoms with E-state index in [1.165, 1.54) is 0 Å². The van der Waals surface area contributed by atoms with Crippen molar-refractivity contribution in [1.29, 1.82) is 0 Å². The summed E-state index contributed by atoms with van der Waals surface area (Å²) in [5.74, 6) is 1.59. The van der Waals surface area contributed by atoms with E-state index in [1.807, 2.05) is 42.2 Å². The lowest BCUT2D eigenvalue weighted by atomic mass is 9.93. The number of carbonyl (C=O) groups excluding carboxylic acids is 2. The topological polar surface area (TPSA) is 79.9 Å². The molecule has 2 aromatic carbocycles. The lowest BCUT2D eigenvalue weighted by molar-refractivity contribution is -0.117. The van der Waals surface area contributed by atoms with Crippen molar-refractivity contribution in [2.24, 2.45) is 5.92 Å². The van der Waals surface area contributed by atoms with Crippen molar-refractivity contribution in [3.63, 3.8) is 0 Å². The van der Waals surface area contributed by atoms with Gasteiger partial charge < -0.3 is 25.0 Å². The Morgan fingerprint density at radius 3 is 2.41 bits per heavy atom. The Morgan fingerprint density at radius 2 is 1.66 bits per heavy atom. The van der Waals surface area contributed by atoms with Crippen LogP contribution in [0, 0.1) is 12.8 Å². The highest BCUT2D eigenvalue weighted by atomic mass is 16.7. The summed E-state index contributed by atoms with van der Waals surface area (Å²) < 4.78 is 10.6. The largest absolute Gasteiger partial charge is 0.454 e. The Morgan fingerprint density at radius 1 is 0.966 bits per heavy atom. The van der Waals surface area contributed by atoms with Crippen LogP contribution in [0.5, 0.6) is 11.5 Å². The van der Waals surface area contributed by atoms with E-state index in [9.17, 15) is 9.59 Å². The molecule has 0 aliphatic carbocycles. The standard InChI is InChI=1S/C22H25N3O4/c1-15-2-4-17(5-3-15)24-22(27)25-10-8-16(9-11-25)12-21(26)23-18-6-7-19-20(13-18)29-14-28-19/h2-7,13,16H,8-12,14H2,1H3,(H,23,26)(H,24,27). The van der Waals surface area contributed by atoms with Crippen molar-refractivity contribution in [2.75, 3.05) is 30.5 Å². The number of rotatable bonds is 4. The first-order valence-corrected chi connectivity index (χ1v) is 9.89. The lowest BCUT2D eigenvalue weighted by Crippen LogP contribution is -2.41. The number of carbonyl (C=O) groups is 2. The van der Waals surface area contributed by atoms with Crippen LogP contribution < -0.4 is 20.1 Å². The Balaban J connectivity index is 1.22. The van der Waals surface area contributed by atoms with Crippen LogP contribution in [0.2, 0.25) is 0 Å². The van der Waals surface area contributed by atoms with Crippen LogP contribution in [0.15, 0.2) is 42.5 Å². The van der Waals surface area contributed by atoms with Crippen molar-refractivity contribution in [3.8, 4) is 11.5 Å². The van der Waals surface area contributed by atoms with Gasteiger partial charge in [0.15, 0.2) is 11.5 Å². The maximum Gasteiger partial charge on any atom is 0.321 e. The number of nitrogens with zero attached hydrogens (tertiary/aromatic N) is 1. The van der Waals surface area contributed by atoms with Gasteiger partial charge in [0.1, 0.15) is 0 Å². The van der Waals surface area contributed by atoms with Gasteiger partial charge in [-0.2, -0.15) is 0 Å². The van der Waals surface area contributed by atoms with E-state index in [4.69, 9.17) is 9.47 Å². The monoisotopic (exact) mass is 395 g/mol. The van der Waals surface area contributed by atoms with Gasteiger partial charge in [0.05, 0.1) is 0 Å². The molecule has 152 valence electrons. The summed E-state index contributed by atoms with van der Waals surface area (Å²) in [5.41, 5.74) is 2.66. The molecule has 1 saturated heterocycles. The minimum Gasteiger partial charge on any atom is -0.454 e. The molecule has 4 rings (SSSR count). The number of nitrogens with one attached hydrogen (secondary N) is 2. The van der Waals surface area contributed by atoms with Crippen LogP contribution in [-0.4, -0.2) is 36.7 Å². The zero-order chi connectivity index (χ0) is 20.2. The third-order valence-electron chi connectivity index (χ3n) is 5.33. The zero-order valence-corrected chi connectivity index (χ0v) is 16.4. The van der Waals surface area contributed by atoms with Gasteiger partial charge in [0, 0.05) is 37.0 Å². The third kappa shape index (κ3) is 4.80. The Labute approximate surface area is 170 Å². The van der Waals surface area contributed by atoms with Crippen molar-refractivity contribution < 1.29 is 19.1 Å². The number of benzene rings is 2. The van der Waals surface area contributed by atoms with Gasteiger partial charge >= 0.3 is 6.03 Å². The number of fused-ring (bicyclic) bond motifs is 1. The first-order valence-electron chi connectivity index (χ1n) is 9.89. The molecule has 2 N–H and O–H groups in total. The number of piperidine rings is 1. The van der Waals surface area contributed by atoms with Gasteiger partial charge in [-0.25, -0.2) is 4.79 Å². The van der Waals surface area contributed by atoms with Crippen LogP contribution in [0.1, 0.15) is 24.8 Å². The first-order chi connectivity index (χ1) is 14.1. The number of amides is 3. The summed E-state index contributed by atoms with van der Waals surface area (Å²) in [6.45, 7) is 3.53. The number of ether oxygens (including phenoxy) is 2. The van der Waals surface area contributed by atoms with Gasteiger partial charge in [-0.05, 0) is 49.9 Å². The molecule has 0 saturated carbocycles. The molecule has 2 heterocycles. The summed E-state index contributed by atoms with van der Waals surface area (Å²) in [7, 11) is 0. The number of likely N-dealkylation sites (tertiary alicyclic amines) is 1. The van der Waals surface area contributed by atoms with Gasteiger partial charge in [-0.1, -0.05) is 17.7 Å². The number of aryl methyl sites for hydroxylation is 1. The molecule has 2 aliphatic heterocycles. The molecule has 7 heteroatoms. The summed E-state index contributed by atoms with van der Waals surface area (Å²) in [5, 5.41) is 5.86. The summed E-state index contributed by atoms with van der Waals surface area (Å²) >= 11 is 0. The quantitative estimate of drug-likeness (QED) is 0.820. The molecule has 1 fully saturated rings. The molecule has 0 bridgehead atoms. The number of urea groups is 1. The predicted octanol–water partition coefficient (Wildman–Crippen LogP) is 4.00. The molecular weight excluding hydrogens is 370 g/mol. The van der Waals surface area contributed by atoms with Crippen molar-refractivity contribution in [3.05, 3.63) is 48.0 Å². The molecular formula is C22H25N3O4. The van der Waals surface area contributed by atoms with Crippen LogP contribution in [0.25, 0.3) is 0 Å². The maximum atomic E-state index is 12.4. The molecule has 29 heavy (non-hydrogen) atoms. The summed E-state index contributed by atoms with van der Waals surface area (Å²) in [6, 6.07) is 13.0. The van der Waals surface area contributed by atoms with Crippen LogP contribution in [-0.2, 0) is 4.79 Å². The zero-order valence-electron chi connectivity index (χ0n) is 16.4. The molecule has 2 aliphatic rings. The molecule has 2 aromatic rings. The van der Waals surface area contributed by atoms with Gasteiger partial charge in [-0.15, -0.1) is 0 Å². The average Bonchev–Trinajstić information content (AvgIpc) is 3.18. The molecule has 0 atom stereocenters. The molecule has 0 unspecified atom stereocenters. The number of hydrogen-bond acceptors (Lipinski definition) is 4. The van der Waals surface area contributed by atoms with Crippen molar-refractivity contribution in [1.82, 2.24) is 4.90 Å². The fourth-order valence-electron chi connectivity index (χ4n) is 3.63. The lowest BCUT2D eigenvalue weighted by Gasteiger charge is -2.31. The minimum absolute atomic E-state index is 0.0218. The van der Waals surface area contributed by atoms with Crippen molar-refractivity contribution in [2.45, 2.75) is 26.2 Å². The second-order valence-electron chi connectivity index (χ2n) is 7.55. The Kier molecular flexibility index (Phi) is 5.55. The highest BCUT2D eigenvalue weighted by molar-refractivity contribution is 5.91. The third-order valence-corrected chi connectivity index (χ3v) is 5.33. The number of hydrogen-bond donors (Lipinski definition) is 2. The van der Waals surface area contributed by atoms with Crippen LogP contribution in [0.4, 0.5) is 16.2 Å². The van der Waals surface area contributed by atoms with Crippen molar-refractivity contribution >= 4 is 23.3 Å². The average molecular weight is 395 g/mol. The highest BCUT2D eigenvalue weighted by Gasteiger charge is 2.25.